The van der Waals surface area contributed by atoms with Crippen LogP contribution >= 0.6 is 11.3 Å². The zero-order valence-corrected chi connectivity index (χ0v) is 13.6. The number of pyridine rings is 1. The Kier molecular flexibility index (Phi) is 3.67. The molecule has 0 saturated carbocycles. The summed E-state index contributed by atoms with van der Waals surface area (Å²) in [5, 5.41) is 5.32. The molecule has 1 aliphatic carbocycles. The predicted octanol–water partition coefficient (Wildman–Crippen LogP) is 3.85. The summed E-state index contributed by atoms with van der Waals surface area (Å²) < 4.78 is 6.43. The average Bonchev–Trinajstić information content (AvgIpc) is 3.03. The Labute approximate surface area is 138 Å². The number of rotatable bonds is 3. The number of nitrogens with zero attached hydrogens (tertiary/aromatic N) is 3. The third kappa shape index (κ3) is 2.66. The van der Waals surface area contributed by atoms with Crippen molar-refractivity contribution in [1.29, 1.82) is 0 Å². The number of hydrogen-bond donors (Lipinski definition) is 1. The normalized spacial score (nSPS) is 15.6. The Bertz CT molecular complexity index is 887. The minimum atomic E-state index is 0.764. The molecule has 4 rings (SSSR count). The molecule has 0 saturated heterocycles. The van der Waals surface area contributed by atoms with Crippen molar-refractivity contribution in [2.75, 3.05) is 12.5 Å². The SMILES string of the molecule is COc1cccc2sc(N/N=C3\CCCc4cccnc43)nc12. The van der Waals surface area contributed by atoms with Crippen molar-refractivity contribution >= 4 is 32.4 Å². The Morgan fingerprint density at radius 3 is 3.09 bits per heavy atom. The molecule has 0 unspecified atom stereocenters. The van der Waals surface area contributed by atoms with Gasteiger partial charge in [0.25, 0.3) is 0 Å². The van der Waals surface area contributed by atoms with Gasteiger partial charge in [0.1, 0.15) is 11.3 Å². The third-order valence-electron chi connectivity index (χ3n) is 3.91. The number of ether oxygens (including phenoxy) is 1. The number of aryl methyl sites for hydroxylation is 1. The molecule has 1 N–H and O–H groups in total. The molecule has 2 aromatic heterocycles. The highest BCUT2D eigenvalue weighted by atomic mass is 32.1. The van der Waals surface area contributed by atoms with Crippen LogP contribution in [-0.4, -0.2) is 22.8 Å². The quantitative estimate of drug-likeness (QED) is 0.743. The van der Waals surface area contributed by atoms with E-state index in [0.29, 0.717) is 0 Å². The van der Waals surface area contributed by atoms with Crippen LogP contribution in [0.4, 0.5) is 5.13 Å². The molecule has 5 nitrogen and oxygen atoms in total. The van der Waals surface area contributed by atoms with Gasteiger partial charge in [-0.1, -0.05) is 23.5 Å². The highest BCUT2D eigenvalue weighted by molar-refractivity contribution is 7.22. The molecule has 0 atom stereocenters. The van der Waals surface area contributed by atoms with Gasteiger partial charge in [-0.05, 0) is 43.0 Å². The molecule has 23 heavy (non-hydrogen) atoms. The van der Waals surface area contributed by atoms with Crippen LogP contribution in [0.25, 0.3) is 10.2 Å². The molecule has 0 bridgehead atoms. The molecule has 6 heteroatoms. The minimum absolute atomic E-state index is 0.764. The van der Waals surface area contributed by atoms with Crippen LogP contribution in [0.5, 0.6) is 5.75 Å². The van der Waals surface area contributed by atoms with Crippen molar-refractivity contribution in [1.82, 2.24) is 9.97 Å². The summed E-state index contributed by atoms with van der Waals surface area (Å²) in [5.41, 5.74) is 7.23. The van der Waals surface area contributed by atoms with Gasteiger partial charge < -0.3 is 4.74 Å². The van der Waals surface area contributed by atoms with Crippen LogP contribution in [0.15, 0.2) is 41.6 Å². The molecule has 0 amide bonds. The van der Waals surface area contributed by atoms with Crippen LogP contribution in [0.2, 0.25) is 0 Å². The molecule has 116 valence electrons. The summed E-state index contributed by atoms with van der Waals surface area (Å²) in [6.07, 6.45) is 4.93. The van der Waals surface area contributed by atoms with Gasteiger partial charge in [-0.3, -0.25) is 10.4 Å². The second-order valence-electron chi connectivity index (χ2n) is 5.36. The molecule has 0 radical (unpaired) electrons. The van der Waals surface area contributed by atoms with E-state index in [1.165, 1.54) is 5.56 Å². The number of hydrogen-bond acceptors (Lipinski definition) is 6. The number of hydrazone groups is 1. The van der Waals surface area contributed by atoms with E-state index in [9.17, 15) is 0 Å². The fourth-order valence-electron chi connectivity index (χ4n) is 2.82. The van der Waals surface area contributed by atoms with Crippen molar-refractivity contribution in [3.63, 3.8) is 0 Å². The zero-order valence-electron chi connectivity index (χ0n) is 12.7. The average molecular weight is 324 g/mol. The maximum atomic E-state index is 5.35. The van der Waals surface area contributed by atoms with Crippen LogP contribution in [0, 0.1) is 0 Å². The number of methoxy groups -OCH3 is 1. The van der Waals surface area contributed by atoms with Crippen molar-refractivity contribution in [2.45, 2.75) is 19.3 Å². The maximum absolute atomic E-state index is 5.35. The lowest BCUT2D eigenvalue weighted by molar-refractivity contribution is 0.419. The second kappa shape index (κ2) is 5.96. The number of anilines is 1. The van der Waals surface area contributed by atoms with Crippen LogP contribution < -0.4 is 10.2 Å². The van der Waals surface area contributed by atoms with E-state index in [1.54, 1.807) is 18.4 Å². The molecule has 0 aliphatic heterocycles. The van der Waals surface area contributed by atoms with Gasteiger partial charge in [0.05, 0.1) is 23.2 Å². The maximum Gasteiger partial charge on any atom is 0.204 e. The first-order chi connectivity index (χ1) is 11.3. The largest absolute Gasteiger partial charge is 0.494 e. The van der Waals surface area contributed by atoms with Crippen molar-refractivity contribution < 1.29 is 4.74 Å². The van der Waals surface area contributed by atoms with Gasteiger partial charge in [-0.25, -0.2) is 4.98 Å². The van der Waals surface area contributed by atoms with Gasteiger partial charge in [-0.2, -0.15) is 5.10 Å². The first kappa shape index (κ1) is 14.1. The van der Waals surface area contributed by atoms with Gasteiger partial charge in [0.2, 0.25) is 5.13 Å². The molecule has 1 aliphatic rings. The van der Waals surface area contributed by atoms with Crippen LogP contribution in [0.3, 0.4) is 0 Å². The fourth-order valence-corrected chi connectivity index (χ4v) is 3.65. The Hall–Kier alpha value is -2.47. The van der Waals surface area contributed by atoms with E-state index in [1.807, 2.05) is 30.5 Å². The number of nitrogens with one attached hydrogen (secondary N) is 1. The molecular weight excluding hydrogens is 308 g/mol. The molecule has 2 heterocycles. The van der Waals surface area contributed by atoms with E-state index >= 15 is 0 Å². The highest BCUT2D eigenvalue weighted by Crippen LogP contribution is 2.32. The highest BCUT2D eigenvalue weighted by Gasteiger charge is 2.16. The lowest BCUT2D eigenvalue weighted by atomic mass is 9.95. The Balaban J connectivity index is 1.65. The number of aromatic nitrogens is 2. The predicted molar refractivity (Wildman–Crippen MR) is 93.5 cm³/mol. The molecule has 0 spiro atoms. The van der Waals surface area contributed by atoms with E-state index in [4.69, 9.17) is 4.74 Å². The van der Waals surface area contributed by atoms with Gasteiger partial charge >= 0.3 is 0 Å². The monoisotopic (exact) mass is 324 g/mol. The van der Waals surface area contributed by atoms with E-state index in [0.717, 1.165) is 51.8 Å². The number of fused-ring (bicyclic) bond motifs is 2. The van der Waals surface area contributed by atoms with E-state index < -0.39 is 0 Å². The first-order valence-electron chi connectivity index (χ1n) is 7.55. The smallest absolute Gasteiger partial charge is 0.204 e. The minimum Gasteiger partial charge on any atom is -0.494 e. The summed E-state index contributed by atoms with van der Waals surface area (Å²) in [5.74, 6) is 0.782. The molecule has 0 fully saturated rings. The number of benzene rings is 1. The zero-order chi connectivity index (χ0) is 15.6. The van der Waals surface area contributed by atoms with Gasteiger partial charge in [-0.15, -0.1) is 0 Å². The molecule has 3 aromatic rings. The Morgan fingerprint density at radius 1 is 1.22 bits per heavy atom. The van der Waals surface area contributed by atoms with E-state index in [-0.39, 0.29) is 0 Å². The summed E-state index contributed by atoms with van der Waals surface area (Å²) in [6, 6.07) is 10.0. The molecule has 1 aromatic carbocycles. The van der Waals surface area contributed by atoms with Gasteiger partial charge in [0.15, 0.2) is 0 Å². The van der Waals surface area contributed by atoms with Crippen molar-refractivity contribution in [3.05, 3.63) is 47.8 Å². The van der Waals surface area contributed by atoms with Crippen LogP contribution in [-0.2, 0) is 6.42 Å². The summed E-state index contributed by atoms with van der Waals surface area (Å²) >= 11 is 1.57. The summed E-state index contributed by atoms with van der Waals surface area (Å²) in [6.45, 7) is 0. The van der Waals surface area contributed by atoms with Gasteiger partial charge in [0, 0.05) is 6.20 Å². The molecular formula is C17H16N4OS. The first-order valence-corrected chi connectivity index (χ1v) is 8.37. The fraction of sp³-hybridized carbons (Fsp3) is 0.235. The van der Waals surface area contributed by atoms with Crippen molar-refractivity contribution in [3.8, 4) is 5.75 Å². The van der Waals surface area contributed by atoms with E-state index in [2.05, 4.69) is 26.6 Å². The van der Waals surface area contributed by atoms with Crippen molar-refractivity contribution in [2.24, 2.45) is 5.10 Å². The van der Waals surface area contributed by atoms with Crippen LogP contribution in [0.1, 0.15) is 24.1 Å². The second-order valence-corrected chi connectivity index (χ2v) is 6.39. The summed E-state index contributed by atoms with van der Waals surface area (Å²) in [7, 11) is 1.66. The topological polar surface area (TPSA) is 59.4 Å². The lowest BCUT2D eigenvalue weighted by Gasteiger charge is -2.15. The lowest BCUT2D eigenvalue weighted by Crippen LogP contribution is -2.15. The third-order valence-corrected chi connectivity index (χ3v) is 4.84. The summed E-state index contributed by atoms with van der Waals surface area (Å²) in [4.78, 5) is 9.05. The number of thiazole rings is 1. The standard InChI is InChI=1S/C17H16N4OS/c1-22-13-8-3-9-14-16(13)19-17(23-14)21-20-12-7-2-5-11-6-4-10-18-15(11)12/h3-4,6,8-10H,2,5,7H2,1H3,(H,19,21)/b20-12+. The number of para-hydroxylation sites is 1. The Morgan fingerprint density at radius 2 is 2.17 bits per heavy atom.